The normalized spacial score (nSPS) is 12.6. The summed E-state index contributed by atoms with van der Waals surface area (Å²) in [6.45, 7) is 0.646. The number of hydrogen-bond acceptors (Lipinski definition) is 7. The van der Waals surface area contributed by atoms with Crippen molar-refractivity contribution in [2.24, 2.45) is 0 Å². The number of rotatable bonds is 3. The molecule has 0 spiro atoms. The minimum atomic E-state index is 0. The fraction of sp³-hybridized carbons (Fsp3) is 0.250. The molecular weight excluding hydrogens is 316 g/mol. The van der Waals surface area contributed by atoms with Gasteiger partial charge in [0.25, 0.3) is 0 Å². The largest absolute Gasteiger partial charge is 0.454 e. The van der Waals surface area contributed by atoms with Crippen LogP contribution in [0.4, 0.5) is 0 Å². The zero-order valence-electron chi connectivity index (χ0n) is 11.0. The lowest BCUT2D eigenvalue weighted by Gasteiger charge is -1.98. The molecule has 0 aliphatic carbocycles. The molecule has 0 saturated heterocycles. The Morgan fingerprint density at radius 3 is 3.00 bits per heavy atom. The average Bonchev–Trinajstić information content (AvgIpc) is 3.14. The smallest absolute Gasteiger partial charge is 0.235 e. The van der Waals surface area contributed by atoms with Crippen molar-refractivity contribution in [2.45, 2.75) is 6.61 Å². The van der Waals surface area contributed by atoms with Crippen LogP contribution in [0.1, 0.15) is 5.82 Å². The molecule has 4 rings (SSSR count). The Hall–Kier alpha value is -1.90. The summed E-state index contributed by atoms with van der Waals surface area (Å²) in [6, 6.07) is 5.76. The van der Waals surface area contributed by atoms with E-state index in [0.29, 0.717) is 12.4 Å². The highest BCUT2D eigenvalue weighted by molar-refractivity contribution is 7.19. The molecule has 110 valence electrons. The Kier molecular flexibility index (Phi) is 3.66. The molecule has 1 aromatic carbocycles. The molecule has 0 amide bonds. The third-order valence-electron chi connectivity index (χ3n) is 2.95. The van der Waals surface area contributed by atoms with Gasteiger partial charge in [-0.3, -0.25) is 0 Å². The van der Waals surface area contributed by atoms with Gasteiger partial charge in [-0.15, -0.1) is 22.6 Å². The van der Waals surface area contributed by atoms with Crippen molar-refractivity contribution >= 4 is 28.7 Å². The third-order valence-corrected chi connectivity index (χ3v) is 3.90. The Morgan fingerprint density at radius 1 is 1.29 bits per heavy atom. The number of fused-ring (bicyclic) bond motifs is 2. The molecule has 21 heavy (non-hydrogen) atoms. The van der Waals surface area contributed by atoms with Crippen LogP contribution in [0.2, 0.25) is 0 Å². The van der Waals surface area contributed by atoms with Gasteiger partial charge >= 0.3 is 0 Å². The second-order valence-corrected chi connectivity index (χ2v) is 5.17. The number of halogens is 1. The van der Waals surface area contributed by atoms with Crippen molar-refractivity contribution in [2.75, 3.05) is 13.9 Å². The summed E-state index contributed by atoms with van der Waals surface area (Å²) < 4.78 is 17.5. The van der Waals surface area contributed by atoms with Crippen LogP contribution in [0.5, 0.6) is 11.5 Å². The molecule has 0 saturated carbocycles. The number of benzene rings is 1. The summed E-state index contributed by atoms with van der Waals surface area (Å²) in [6.07, 6.45) is 0. The molecule has 0 radical (unpaired) electrons. The van der Waals surface area contributed by atoms with Crippen molar-refractivity contribution in [1.82, 2.24) is 19.8 Å². The van der Waals surface area contributed by atoms with Crippen molar-refractivity contribution in [3.63, 3.8) is 0 Å². The number of methoxy groups -OCH3 is 1. The summed E-state index contributed by atoms with van der Waals surface area (Å²) in [5.74, 6) is 2.19. The first-order chi connectivity index (χ1) is 9.85. The van der Waals surface area contributed by atoms with Crippen LogP contribution in [-0.2, 0) is 11.3 Å². The highest BCUT2D eigenvalue weighted by atomic mass is 35.5. The number of hydrogen-bond donors (Lipinski definition) is 0. The highest BCUT2D eigenvalue weighted by Crippen LogP contribution is 2.36. The van der Waals surface area contributed by atoms with E-state index in [4.69, 9.17) is 14.2 Å². The van der Waals surface area contributed by atoms with Gasteiger partial charge in [0.15, 0.2) is 17.3 Å². The van der Waals surface area contributed by atoms with Gasteiger partial charge in [-0.05, 0) is 18.2 Å². The number of nitrogens with zero attached hydrogens (tertiary/aromatic N) is 4. The minimum absolute atomic E-state index is 0. The van der Waals surface area contributed by atoms with E-state index in [9.17, 15) is 0 Å². The van der Waals surface area contributed by atoms with Gasteiger partial charge in [0.1, 0.15) is 11.6 Å². The Bertz CT molecular complexity index is 788. The van der Waals surface area contributed by atoms with E-state index in [1.54, 1.807) is 11.6 Å². The lowest BCUT2D eigenvalue weighted by Crippen LogP contribution is -1.97. The maximum Gasteiger partial charge on any atom is 0.235 e. The predicted molar refractivity (Wildman–Crippen MR) is 78.2 cm³/mol. The van der Waals surface area contributed by atoms with Gasteiger partial charge in [0.2, 0.25) is 11.8 Å². The predicted octanol–water partition coefficient (Wildman–Crippen LogP) is 2.15. The third kappa shape index (κ3) is 2.31. The summed E-state index contributed by atoms with van der Waals surface area (Å²) in [5.41, 5.74) is 0.966. The van der Waals surface area contributed by atoms with E-state index in [2.05, 4.69) is 15.3 Å². The van der Waals surface area contributed by atoms with E-state index in [1.807, 2.05) is 18.2 Å². The maximum atomic E-state index is 5.38. The molecule has 9 heteroatoms. The number of aromatic nitrogens is 4. The molecule has 0 unspecified atom stereocenters. The fourth-order valence-electron chi connectivity index (χ4n) is 2.02. The first kappa shape index (κ1) is 14.1. The molecule has 7 nitrogen and oxygen atoms in total. The second-order valence-electron chi connectivity index (χ2n) is 4.22. The average molecular weight is 327 g/mol. The maximum absolute atomic E-state index is 5.38. The topological polar surface area (TPSA) is 70.8 Å². The van der Waals surface area contributed by atoms with Crippen LogP contribution in [0.3, 0.4) is 0 Å². The van der Waals surface area contributed by atoms with Gasteiger partial charge in [-0.1, -0.05) is 11.3 Å². The van der Waals surface area contributed by atoms with Crippen molar-refractivity contribution < 1.29 is 14.2 Å². The standard InChI is InChI=1S/C12H10N4O3S.ClH/c1-17-5-10-13-14-12-16(10)15-11(20-12)7-2-3-8-9(4-7)19-6-18-8;/h2-4H,5-6H2,1H3;1H. The Morgan fingerprint density at radius 2 is 2.14 bits per heavy atom. The van der Waals surface area contributed by atoms with E-state index >= 15 is 0 Å². The molecule has 1 aliphatic rings. The van der Waals surface area contributed by atoms with Crippen LogP contribution < -0.4 is 9.47 Å². The molecule has 1 aliphatic heterocycles. The lowest BCUT2D eigenvalue weighted by molar-refractivity contribution is 0.174. The van der Waals surface area contributed by atoms with Gasteiger partial charge < -0.3 is 14.2 Å². The Labute approximate surface area is 129 Å². The molecular formula is C12H11ClN4O3S. The van der Waals surface area contributed by atoms with E-state index in [0.717, 1.165) is 27.0 Å². The molecule has 0 fully saturated rings. The Balaban J connectivity index is 0.00000132. The van der Waals surface area contributed by atoms with E-state index in [-0.39, 0.29) is 19.2 Å². The lowest BCUT2D eigenvalue weighted by atomic mass is 10.2. The van der Waals surface area contributed by atoms with Crippen molar-refractivity contribution in [3.8, 4) is 22.1 Å². The van der Waals surface area contributed by atoms with Gasteiger partial charge in [0.05, 0.1) is 0 Å². The molecule has 0 bridgehead atoms. The summed E-state index contributed by atoms with van der Waals surface area (Å²) in [4.78, 5) is 0.740. The molecule has 0 N–H and O–H groups in total. The van der Waals surface area contributed by atoms with Crippen molar-refractivity contribution in [1.29, 1.82) is 0 Å². The van der Waals surface area contributed by atoms with E-state index < -0.39 is 0 Å². The molecule has 3 aromatic rings. The quantitative estimate of drug-likeness (QED) is 0.734. The molecule has 3 heterocycles. The second kappa shape index (κ2) is 5.47. The SMILES string of the molecule is COCc1nnc2sc(-c3ccc4c(c3)OCO4)nn12.Cl. The van der Waals surface area contributed by atoms with Crippen LogP contribution in [0.25, 0.3) is 15.5 Å². The van der Waals surface area contributed by atoms with E-state index in [1.165, 1.54) is 11.3 Å². The van der Waals surface area contributed by atoms with Gasteiger partial charge in [0, 0.05) is 12.7 Å². The zero-order valence-corrected chi connectivity index (χ0v) is 12.6. The van der Waals surface area contributed by atoms with Crippen LogP contribution in [0.15, 0.2) is 18.2 Å². The molecule has 2 aromatic heterocycles. The fourth-order valence-corrected chi connectivity index (χ4v) is 2.88. The van der Waals surface area contributed by atoms with Crippen LogP contribution in [0, 0.1) is 0 Å². The summed E-state index contributed by atoms with van der Waals surface area (Å²) in [5, 5.41) is 13.5. The molecule has 0 atom stereocenters. The van der Waals surface area contributed by atoms with Crippen LogP contribution in [-0.4, -0.2) is 33.7 Å². The summed E-state index contributed by atoms with van der Waals surface area (Å²) in [7, 11) is 1.62. The first-order valence-electron chi connectivity index (χ1n) is 5.95. The first-order valence-corrected chi connectivity index (χ1v) is 6.77. The van der Waals surface area contributed by atoms with Gasteiger partial charge in [-0.25, -0.2) is 0 Å². The monoisotopic (exact) mass is 326 g/mol. The zero-order chi connectivity index (χ0) is 13.5. The van der Waals surface area contributed by atoms with Gasteiger partial charge in [-0.2, -0.15) is 9.61 Å². The van der Waals surface area contributed by atoms with Crippen LogP contribution >= 0.6 is 23.7 Å². The van der Waals surface area contributed by atoms with Crippen molar-refractivity contribution in [3.05, 3.63) is 24.0 Å². The summed E-state index contributed by atoms with van der Waals surface area (Å²) >= 11 is 1.47. The minimum Gasteiger partial charge on any atom is -0.454 e. The number of ether oxygens (including phenoxy) is 3. The highest BCUT2D eigenvalue weighted by Gasteiger charge is 2.17.